The van der Waals surface area contributed by atoms with E-state index in [1.165, 1.54) is 20.8 Å². The molecule has 4 rings (SSSR count). The summed E-state index contributed by atoms with van der Waals surface area (Å²) >= 11 is 0. The Bertz CT molecular complexity index is 1390. The molecule has 186 valence electrons. The molecule has 0 bridgehead atoms. The molecule has 36 heavy (non-hydrogen) atoms. The molecule has 1 amide bonds. The van der Waals surface area contributed by atoms with Crippen molar-refractivity contribution in [3.63, 3.8) is 0 Å². The number of Topliss-reactive ketones (excluding diaryl/α,β-unsaturated/α-hetero) is 2. The van der Waals surface area contributed by atoms with Gasteiger partial charge in [0.25, 0.3) is 0 Å². The fourth-order valence-corrected chi connectivity index (χ4v) is 4.56. The van der Waals surface area contributed by atoms with E-state index in [1.54, 1.807) is 31.2 Å². The summed E-state index contributed by atoms with van der Waals surface area (Å²) in [4.78, 5) is 51.1. The molecule has 2 aliphatic rings. The Labute approximate surface area is 207 Å². The van der Waals surface area contributed by atoms with Crippen molar-refractivity contribution >= 4 is 28.9 Å². The summed E-state index contributed by atoms with van der Waals surface area (Å²) in [6.45, 7) is 5.88. The molecule has 0 saturated heterocycles. The molecule has 0 spiro atoms. The molecule has 2 aromatic carbocycles. The fraction of sp³-hybridized carbons (Fsp3) is 0.259. The number of benzene rings is 2. The first-order chi connectivity index (χ1) is 17.0. The number of hydrogen-bond donors (Lipinski definition) is 4. The molecule has 9 heteroatoms. The van der Waals surface area contributed by atoms with Crippen LogP contribution in [0.25, 0.3) is 0 Å². The predicted molar refractivity (Wildman–Crippen MR) is 131 cm³/mol. The van der Waals surface area contributed by atoms with E-state index in [0.29, 0.717) is 5.69 Å². The van der Waals surface area contributed by atoms with Gasteiger partial charge in [-0.3, -0.25) is 19.2 Å². The summed E-state index contributed by atoms with van der Waals surface area (Å²) in [5, 5.41) is 27.0. The first kappa shape index (κ1) is 24.7. The minimum absolute atomic E-state index is 0.0271. The number of nitrogens with one attached hydrogen (secondary N) is 2. The maximum atomic E-state index is 13.7. The van der Waals surface area contributed by atoms with E-state index in [0.717, 1.165) is 6.08 Å². The average molecular weight is 491 g/mol. The third kappa shape index (κ3) is 3.82. The SMILES string of the molecule is CC(=O)c1c(O)c(C)c(O)c2c1OC1=CC(=O)/C(=C(/C)NCCC(=O)Nc3ccccc3)C(=O)[C@@]12C. The number of hydrogen-bond acceptors (Lipinski definition) is 8. The molecule has 0 radical (unpaired) electrons. The van der Waals surface area contributed by atoms with Gasteiger partial charge in [-0.2, -0.15) is 0 Å². The first-order valence-electron chi connectivity index (χ1n) is 11.4. The number of phenolic OH excluding ortho intramolecular Hbond substituents is 2. The van der Waals surface area contributed by atoms with Crippen molar-refractivity contribution < 1.29 is 34.1 Å². The zero-order valence-electron chi connectivity index (χ0n) is 20.3. The second-order valence-corrected chi connectivity index (χ2v) is 8.98. The number of aromatic hydroxyl groups is 2. The largest absolute Gasteiger partial charge is 0.507 e. The van der Waals surface area contributed by atoms with Gasteiger partial charge in [-0.1, -0.05) is 18.2 Å². The van der Waals surface area contributed by atoms with Crippen molar-refractivity contribution in [3.05, 3.63) is 70.1 Å². The summed E-state index contributed by atoms with van der Waals surface area (Å²) in [5.74, 6) is -2.99. The summed E-state index contributed by atoms with van der Waals surface area (Å²) in [6, 6.07) is 8.96. The Kier molecular flexibility index (Phi) is 6.17. The monoisotopic (exact) mass is 490 g/mol. The van der Waals surface area contributed by atoms with Gasteiger partial charge in [0.1, 0.15) is 34.0 Å². The quantitative estimate of drug-likeness (QED) is 0.275. The van der Waals surface area contributed by atoms with E-state index < -0.39 is 28.5 Å². The van der Waals surface area contributed by atoms with Gasteiger partial charge in [0.05, 0.1) is 11.1 Å². The highest BCUT2D eigenvalue weighted by Gasteiger charge is 2.56. The van der Waals surface area contributed by atoms with Crippen LogP contribution in [0.3, 0.4) is 0 Å². The van der Waals surface area contributed by atoms with Gasteiger partial charge >= 0.3 is 0 Å². The molecule has 1 atom stereocenters. The van der Waals surface area contributed by atoms with Crippen molar-refractivity contribution in [2.24, 2.45) is 0 Å². The van der Waals surface area contributed by atoms with E-state index >= 15 is 0 Å². The molecule has 4 N–H and O–H groups in total. The standard InChI is InChI=1S/C27H26N2O7/c1-13-23(33)21(15(3)30)25-22(24(13)34)27(4)18(36-25)12-17(31)20(26(27)35)14(2)28-11-10-19(32)29-16-8-6-5-7-9-16/h5-9,12,28,33-34H,10-11H2,1-4H3,(H,29,32)/b20-14+/t27-/m0/s1. The maximum absolute atomic E-state index is 13.7. The molecule has 0 fully saturated rings. The van der Waals surface area contributed by atoms with Gasteiger partial charge in [0.15, 0.2) is 17.3 Å². The number of anilines is 1. The Morgan fingerprint density at radius 3 is 2.36 bits per heavy atom. The number of fused-ring (bicyclic) bond motifs is 3. The molecule has 1 aliphatic heterocycles. The zero-order valence-corrected chi connectivity index (χ0v) is 20.3. The van der Waals surface area contributed by atoms with Gasteiger partial charge in [-0.25, -0.2) is 0 Å². The number of carbonyl (C=O) groups is 4. The highest BCUT2D eigenvalue weighted by molar-refractivity contribution is 6.31. The molecule has 0 saturated carbocycles. The van der Waals surface area contributed by atoms with E-state index in [-0.39, 0.29) is 64.1 Å². The van der Waals surface area contributed by atoms with Crippen molar-refractivity contribution in [1.29, 1.82) is 0 Å². The Morgan fingerprint density at radius 1 is 1.06 bits per heavy atom. The minimum Gasteiger partial charge on any atom is -0.507 e. The summed E-state index contributed by atoms with van der Waals surface area (Å²) in [7, 11) is 0. The van der Waals surface area contributed by atoms with Crippen LogP contribution in [-0.4, -0.2) is 40.0 Å². The molecular formula is C27H26N2O7. The van der Waals surface area contributed by atoms with Gasteiger partial charge in [-0.15, -0.1) is 0 Å². The predicted octanol–water partition coefficient (Wildman–Crippen LogP) is 3.19. The van der Waals surface area contributed by atoms with Crippen LogP contribution in [0.15, 0.2) is 53.4 Å². The molecular weight excluding hydrogens is 464 g/mol. The minimum atomic E-state index is -1.58. The number of rotatable bonds is 6. The number of para-hydroxylation sites is 1. The second kappa shape index (κ2) is 8.99. The third-order valence-electron chi connectivity index (χ3n) is 6.56. The lowest BCUT2D eigenvalue weighted by atomic mass is 9.70. The van der Waals surface area contributed by atoms with Crippen LogP contribution in [-0.2, 0) is 19.8 Å². The molecule has 0 unspecified atom stereocenters. The number of amides is 1. The van der Waals surface area contributed by atoms with E-state index in [4.69, 9.17) is 4.74 Å². The highest BCUT2D eigenvalue weighted by Crippen LogP contribution is 2.57. The number of allylic oxidation sites excluding steroid dienone is 4. The van der Waals surface area contributed by atoms with Crippen LogP contribution in [0, 0.1) is 6.92 Å². The molecule has 9 nitrogen and oxygen atoms in total. The molecule has 1 heterocycles. The summed E-state index contributed by atoms with van der Waals surface area (Å²) in [6.07, 6.45) is 1.24. The maximum Gasteiger partial charge on any atom is 0.226 e. The second-order valence-electron chi connectivity index (χ2n) is 8.98. The molecule has 1 aliphatic carbocycles. The first-order valence-corrected chi connectivity index (χ1v) is 11.4. The number of phenols is 2. The Hall–Kier alpha value is -4.40. The van der Waals surface area contributed by atoms with E-state index in [1.807, 2.05) is 6.07 Å². The lowest BCUT2D eigenvalue weighted by Crippen LogP contribution is -2.41. The van der Waals surface area contributed by atoms with Gasteiger partial charge in [-0.05, 0) is 39.8 Å². The lowest BCUT2D eigenvalue weighted by Gasteiger charge is -2.29. The summed E-state index contributed by atoms with van der Waals surface area (Å²) in [5.41, 5.74) is -0.911. The van der Waals surface area contributed by atoms with Crippen molar-refractivity contribution in [2.75, 3.05) is 11.9 Å². The van der Waals surface area contributed by atoms with Crippen LogP contribution in [0.4, 0.5) is 5.69 Å². The van der Waals surface area contributed by atoms with Gasteiger partial charge in [0, 0.05) is 36.0 Å². The average Bonchev–Trinajstić information content (AvgIpc) is 3.11. The van der Waals surface area contributed by atoms with Gasteiger partial charge in [0.2, 0.25) is 5.91 Å². The Balaban J connectivity index is 1.63. The normalized spacial score (nSPS) is 19.6. The van der Waals surface area contributed by atoms with Crippen molar-refractivity contribution in [2.45, 2.75) is 39.5 Å². The van der Waals surface area contributed by atoms with Crippen molar-refractivity contribution in [3.8, 4) is 17.2 Å². The lowest BCUT2D eigenvalue weighted by molar-refractivity contribution is -0.123. The van der Waals surface area contributed by atoms with Crippen LogP contribution in [0.2, 0.25) is 0 Å². The van der Waals surface area contributed by atoms with Crippen LogP contribution in [0.5, 0.6) is 17.2 Å². The highest BCUT2D eigenvalue weighted by atomic mass is 16.5. The van der Waals surface area contributed by atoms with Crippen molar-refractivity contribution in [1.82, 2.24) is 5.32 Å². The smallest absolute Gasteiger partial charge is 0.226 e. The number of ether oxygens (including phenoxy) is 1. The zero-order chi connectivity index (χ0) is 26.4. The van der Waals surface area contributed by atoms with Crippen LogP contribution in [0.1, 0.15) is 48.7 Å². The number of carbonyl (C=O) groups excluding carboxylic acids is 4. The Morgan fingerprint density at radius 2 is 1.72 bits per heavy atom. The third-order valence-corrected chi connectivity index (χ3v) is 6.56. The van der Waals surface area contributed by atoms with Crippen LogP contribution < -0.4 is 15.4 Å². The van der Waals surface area contributed by atoms with E-state index in [2.05, 4.69) is 10.6 Å². The van der Waals surface area contributed by atoms with E-state index in [9.17, 15) is 29.4 Å². The topological polar surface area (TPSA) is 142 Å². The fourth-order valence-electron chi connectivity index (χ4n) is 4.56. The van der Waals surface area contributed by atoms with Gasteiger partial charge < -0.3 is 25.6 Å². The summed E-state index contributed by atoms with van der Waals surface area (Å²) < 4.78 is 5.74. The number of ketones is 3. The molecule has 2 aromatic rings. The molecule has 0 aromatic heterocycles. The van der Waals surface area contributed by atoms with Crippen LogP contribution >= 0.6 is 0 Å².